The summed E-state index contributed by atoms with van der Waals surface area (Å²) >= 11 is 3.54. The molecule has 1 aromatic rings. The van der Waals surface area contributed by atoms with E-state index in [-0.39, 0.29) is 19.3 Å². The van der Waals surface area contributed by atoms with Crippen LogP contribution in [0, 0.1) is 0 Å². The van der Waals surface area contributed by atoms with Crippen molar-refractivity contribution in [2.24, 2.45) is 5.73 Å². The molecule has 0 radical (unpaired) electrons. The topological polar surface area (TPSA) is 53.7 Å². The van der Waals surface area contributed by atoms with Crippen molar-refractivity contribution in [2.45, 2.75) is 19.1 Å². The molecule has 0 amide bonds. The molecule has 2 aliphatic heterocycles. The van der Waals surface area contributed by atoms with Gasteiger partial charge in [-0.2, -0.15) is 0 Å². The summed E-state index contributed by atoms with van der Waals surface area (Å²) in [4.78, 5) is 0. The second-order valence-corrected chi connectivity index (χ2v) is 5.18. The van der Waals surface area contributed by atoms with Crippen molar-refractivity contribution in [2.75, 3.05) is 13.2 Å². The molecule has 2 unspecified atom stereocenters. The highest BCUT2D eigenvalue weighted by Gasteiger charge is 2.43. The van der Waals surface area contributed by atoms with Crippen molar-refractivity contribution >= 4 is 28.5 Å². The number of hydrogen-bond acceptors (Lipinski definition) is 4. The van der Waals surface area contributed by atoms with Crippen molar-refractivity contribution in [3.8, 4) is 5.75 Å². The minimum Gasteiger partial charge on any atom is -0.491 e. The summed E-state index contributed by atoms with van der Waals surface area (Å²) < 4.78 is 18.4. The van der Waals surface area contributed by atoms with Crippen LogP contribution in [0.1, 0.15) is 18.6 Å². The van der Waals surface area contributed by atoms with Crippen LogP contribution in [0.3, 0.4) is 0 Å². The highest BCUT2D eigenvalue weighted by molar-refractivity contribution is 9.10. The van der Waals surface area contributed by atoms with Crippen LogP contribution in [0.15, 0.2) is 16.6 Å². The van der Waals surface area contributed by atoms with Crippen LogP contribution in [-0.2, 0) is 9.31 Å². The Kier molecular flexibility index (Phi) is 2.90. The Morgan fingerprint density at radius 1 is 1.47 bits per heavy atom. The van der Waals surface area contributed by atoms with E-state index in [2.05, 4.69) is 15.9 Å². The fraction of sp³-hybridized carbons (Fsp3) is 0.455. The van der Waals surface area contributed by atoms with Gasteiger partial charge in [-0.25, -0.2) is 0 Å². The molecular weight excluding hydrogens is 285 g/mol. The van der Waals surface area contributed by atoms with E-state index in [1.165, 1.54) is 0 Å². The summed E-state index contributed by atoms with van der Waals surface area (Å²) in [5.41, 5.74) is 7.78. The summed E-state index contributed by atoms with van der Waals surface area (Å²) in [6.07, 6.45) is -0.117. The maximum absolute atomic E-state index is 5.84. The Labute approximate surface area is 109 Å². The van der Waals surface area contributed by atoms with Crippen molar-refractivity contribution in [3.63, 3.8) is 0 Å². The van der Waals surface area contributed by atoms with Crippen molar-refractivity contribution in [3.05, 3.63) is 22.2 Å². The molecule has 0 saturated heterocycles. The van der Waals surface area contributed by atoms with Crippen molar-refractivity contribution in [1.82, 2.24) is 0 Å². The van der Waals surface area contributed by atoms with Gasteiger partial charge in [-0.3, -0.25) is 0 Å². The predicted octanol–water partition coefficient (Wildman–Crippen LogP) is 0.972. The van der Waals surface area contributed by atoms with Crippen molar-refractivity contribution in [1.29, 1.82) is 0 Å². The monoisotopic (exact) mass is 297 g/mol. The normalized spacial score (nSPS) is 26.4. The summed E-state index contributed by atoms with van der Waals surface area (Å²) in [5.74, 6) is 0.841. The van der Waals surface area contributed by atoms with Crippen LogP contribution >= 0.6 is 15.9 Å². The van der Waals surface area contributed by atoms with Crippen LogP contribution < -0.4 is 15.9 Å². The number of rotatable bonds is 1. The zero-order valence-corrected chi connectivity index (χ0v) is 11.1. The Hall–Kier alpha value is -0.555. The van der Waals surface area contributed by atoms with Gasteiger partial charge in [0, 0.05) is 16.5 Å². The van der Waals surface area contributed by atoms with Gasteiger partial charge >= 0.3 is 7.12 Å². The van der Waals surface area contributed by atoms with E-state index in [1.54, 1.807) is 0 Å². The maximum atomic E-state index is 5.84. The second-order valence-electron chi connectivity index (χ2n) is 4.32. The van der Waals surface area contributed by atoms with E-state index in [9.17, 15) is 0 Å². The quantitative estimate of drug-likeness (QED) is 0.785. The molecule has 1 aromatic carbocycles. The van der Waals surface area contributed by atoms with Gasteiger partial charge in [0.05, 0.1) is 12.2 Å². The van der Waals surface area contributed by atoms with Gasteiger partial charge in [0.25, 0.3) is 0 Å². The van der Waals surface area contributed by atoms with Gasteiger partial charge < -0.3 is 19.8 Å². The number of benzene rings is 1. The largest absolute Gasteiger partial charge is 0.498 e. The number of halogens is 1. The first-order valence-corrected chi connectivity index (χ1v) is 6.46. The molecule has 3 rings (SSSR count). The summed E-state index contributed by atoms with van der Waals surface area (Å²) in [6, 6.07) is 3.91. The van der Waals surface area contributed by atoms with E-state index in [0.717, 1.165) is 21.2 Å². The molecule has 0 saturated carbocycles. The molecular formula is C11H13BBrNO3. The molecule has 17 heavy (non-hydrogen) atoms. The van der Waals surface area contributed by atoms with Gasteiger partial charge in [0.2, 0.25) is 0 Å². The predicted molar refractivity (Wildman–Crippen MR) is 68.5 cm³/mol. The standard InChI is InChI=1S/C11H13BBrNO3/c1-6-5-15-8-3-2-7(13)10-9(4-14)17-12(16-6)11(8)10/h2-3,6,9H,4-5,14H2,1H3. The van der Waals surface area contributed by atoms with Crippen LogP contribution in [0.2, 0.25) is 0 Å². The van der Waals surface area contributed by atoms with E-state index in [0.29, 0.717) is 13.2 Å². The Morgan fingerprint density at radius 3 is 3.06 bits per heavy atom. The minimum atomic E-state index is -0.358. The minimum absolute atomic E-state index is 0.00977. The Bertz CT molecular complexity index is 457. The molecule has 0 aromatic heterocycles. The Morgan fingerprint density at radius 2 is 2.29 bits per heavy atom. The van der Waals surface area contributed by atoms with Gasteiger partial charge in [-0.05, 0) is 24.6 Å². The lowest BCUT2D eigenvalue weighted by molar-refractivity contribution is 0.101. The molecule has 0 bridgehead atoms. The van der Waals surface area contributed by atoms with Crippen LogP contribution in [0.5, 0.6) is 5.75 Å². The average Bonchev–Trinajstić information content (AvgIpc) is 2.60. The van der Waals surface area contributed by atoms with E-state index >= 15 is 0 Å². The lowest BCUT2D eigenvalue weighted by Crippen LogP contribution is -2.34. The van der Waals surface area contributed by atoms with Gasteiger partial charge in [0.1, 0.15) is 12.4 Å². The van der Waals surface area contributed by atoms with Crippen LogP contribution in [0.4, 0.5) is 0 Å². The molecule has 2 heterocycles. The average molecular weight is 298 g/mol. The third kappa shape index (κ3) is 1.79. The highest BCUT2D eigenvalue weighted by atomic mass is 79.9. The van der Waals surface area contributed by atoms with Gasteiger partial charge in [0.15, 0.2) is 0 Å². The fourth-order valence-electron chi connectivity index (χ4n) is 2.30. The molecule has 6 heteroatoms. The van der Waals surface area contributed by atoms with E-state index in [4.69, 9.17) is 19.8 Å². The van der Waals surface area contributed by atoms with Crippen LogP contribution in [0.25, 0.3) is 0 Å². The molecule has 90 valence electrons. The molecule has 0 spiro atoms. The van der Waals surface area contributed by atoms with Crippen molar-refractivity contribution < 1.29 is 14.0 Å². The highest BCUT2D eigenvalue weighted by Crippen LogP contribution is 2.35. The maximum Gasteiger partial charge on any atom is 0.498 e. The molecule has 2 aliphatic rings. The lowest BCUT2D eigenvalue weighted by Gasteiger charge is -2.15. The number of nitrogens with two attached hydrogens (primary N) is 1. The lowest BCUT2D eigenvalue weighted by atomic mass is 9.77. The molecule has 0 aliphatic carbocycles. The third-order valence-electron chi connectivity index (χ3n) is 3.08. The molecule has 0 fully saturated rings. The number of ether oxygens (including phenoxy) is 1. The molecule has 4 nitrogen and oxygen atoms in total. The first-order chi connectivity index (χ1) is 8.20. The molecule has 2 N–H and O–H groups in total. The smallest absolute Gasteiger partial charge is 0.491 e. The fourth-order valence-corrected chi connectivity index (χ4v) is 2.90. The summed E-state index contributed by atoms with van der Waals surface area (Å²) in [5, 5.41) is 0. The summed E-state index contributed by atoms with van der Waals surface area (Å²) in [6.45, 7) is 2.95. The van der Waals surface area contributed by atoms with Crippen LogP contribution in [-0.4, -0.2) is 26.4 Å². The summed E-state index contributed by atoms with van der Waals surface area (Å²) in [7, 11) is -0.358. The first kappa shape index (κ1) is 11.5. The first-order valence-electron chi connectivity index (χ1n) is 5.66. The van der Waals surface area contributed by atoms with E-state index < -0.39 is 0 Å². The third-order valence-corrected chi connectivity index (χ3v) is 3.77. The zero-order valence-electron chi connectivity index (χ0n) is 9.48. The van der Waals surface area contributed by atoms with Gasteiger partial charge in [-0.1, -0.05) is 15.9 Å². The second kappa shape index (κ2) is 4.28. The Balaban J connectivity index is 2.14. The zero-order chi connectivity index (χ0) is 12.0. The van der Waals surface area contributed by atoms with Gasteiger partial charge in [-0.15, -0.1) is 0 Å². The number of hydrogen-bond donors (Lipinski definition) is 1. The van der Waals surface area contributed by atoms with E-state index in [1.807, 2.05) is 19.1 Å². The molecule has 2 atom stereocenters. The SMILES string of the molecule is CC1COc2ccc(Br)c3c2B(O1)OC3CN.